The van der Waals surface area contributed by atoms with E-state index in [-0.39, 0.29) is 18.3 Å². The Bertz CT molecular complexity index is 402. The first kappa shape index (κ1) is 16.4. The minimum Gasteiger partial charge on any atom is -0.338 e. The van der Waals surface area contributed by atoms with Crippen LogP contribution in [0.15, 0.2) is 6.20 Å². The second-order valence-electron chi connectivity index (χ2n) is 4.87. The highest BCUT2D eigenvalue weighted by atomic mass is 35.5. The summed E-state index contributed by atoms with van der Waals surface area (Å²) in [6, 6.07) is 0. The molecule has 0 saturated carbocycles. The Morgan fingerprint density at radius 1 is 1.53 bits per heavy atom. The zero-order chi connectivity index (χ0) is 13.0. The predicted octanol–water partition coefficient (Wildman–Crippen LogP) is 2.34. The fourth-order valence-corrected chi connectivity index (χ4v) is 3.13. The molecule has 2 rings (SSSR count). The van der Waals surface area contributed by atoms with Crippen molar-refractivity contribution in [3.63, 3.8) is 0 Å². The van der Waals surface area contributed by atoms with Gasteiger partial charge in [0.2, 0.25) is 0 Å². The highest BCUT2D eigenvalue weighted by Gasteiger charge is 2.24. The smallest absolute Gasteiger partial charge is 0.265 e. The number of carbonyl (C=O) groups excluding carboxylic acids is 1. The molecule has 1 saturated heterocycles. The van der Waals surface area contributed by atoms with Gasteiger partial charge in [-0.2, -0.15) is 0 Å². The van der Waals surface area contributed by atoms with Crippen LogP contribution < -0.4 is 5.32 Å². The maximum atomic E-state index is 12.2. The second-order valence-corrected chi connectivity index (χ2v) is 6.11. The Hall–Kier alpha value is -0.650. The summed E-state index contributed by atoms with van der Waals surface area (Å²) in [4.78, 5) is 19.1. The molecule has 0 atom stereocenters. The molecule has 108 valence electrons. The molecule has 6 heteroatoms. The molecule has 1 amide bonds. The third kappa shape index (κ3) is 4.44. The van der Waals surface area contributed by atoms with E-state index in [1.807, 2.05) is 18.9 Å². The average Bonchev–Trinajstić information content (AvgIpc) is 2.83. The number of piperidine rings is 1. The van der Waals surface area contributed by atoms with E-state index in [0.717, 1.165) is 48.3 Å². The van der Waals surface area contributed by atoms with E-state index in [0.29, 0.717) is 0 Å². The largest absolute Gasteiger partial charge is 0.338 e. The van der Waals surface area contributed by atoms with Crippen molar-refractivity contribution in [1.82, 2.24) is 15.2 Å². The number of nitrogens with zero attached hydrogens (tertiary/aromatic N) is 2. The monoisotopic (exact) mass is 303 g/mol. The van der Waals surface area contributed by atoms with Crippen LogP contribution in [0.4, 0.5) is 0 Å². The van der Waals surface area contributed by atoms with Crippen LogP contribution in [0.25, 0.3) is 0 Å². The first-order valence-corrected chi connectivity index (χ1v) is 7.38. The lowest BCUT2D eigenvalue weighted by Crippen LogP contribution is -2.38. The summed E-state index contributed by atoms with van der Waals surface area (Å²) >= 11 is 1.49. The number of nitrogens with one attached hydrogen (secondary N) is 1. The van der Waals surface area contributed by atoms with Crippen molar-refractivity contribution in [3.8, 4) is 0 Å². The predicted molar refractivity (Wildman–Crippen MR) is 81.3 cm³/mol. The van der Waals surface area contributed by atoms with Crippen molar-refractivity contribution in [2.24, 2.45) is 5.92 Å². The van der Waals surface area contributed by atoms with E-state index in [1.165, 1.54) is 17.8 Å². The number of aromatic nitrogens is 1. The molecule has 0 bridgehead atoms. The van der Waals surface area contributed by atoms with Crippen LogP contribution in [-0.2, 0) is 0 Å². The van der Waals surface area contributed by atoms with Crippen molar-refractivity contribution in [2.75, 3.05) is 26.7 Å². The first-order valence-electron chi connectivity index (χ1n) is 6.57. The van der Waals surface area contributed by atoms with Gasteiger partial charge in [0.25, 0.3) is 5.91 Å². The van der Waals surface area contributed by atoms with E-state index >= 15 is 0 Å². The van der Waals surface area contributed by atoms with Gasteiger partial charge in [0, 0.05) is 13.1 Å². The molecule has 4 nitrogen and oxygen atoms in total. The van der Waals surface area contributed by atoms with Crippen molar-refractivity contribution in [1.29, 1.82) is 0 Å². The molecule has 0 aliphatic carbocycles. The molecule has 1 N–H and O–H groups in total. The number of hydrogen-bond donors (Lipinski definition) is 1. The topological polar surface area (TPSA) is 45.2 Å². The van der Waals surface area contributed by atoms with E-state index < -0.39 is 0 Å². The van der Waals surface area contributed by atoms with Crippen LogP contribution in [0.3, 0.4) is 0 Å². The fourth-order valence-electron chi connectivity index (χ4n) is 2.39. The lowest BCUT2D eigenvalue weighted by atomic mass is 9.93. The summed E-state index contributed by atoms with van der Waals surface area (Å²) in [6.07, 6.45) is 5.18. The molecule has 1 fully saturated rings. The number of carbonyl (C=O) groups is 1. The third-order valence-electron chi connectivity index (χ3n) is 3.54. The molecular formula is C13H22ClN3OS. The van der Waals surface area contributed by atoms with Gasteiger partial charge in [-0.15, -0.1) is 23.7 Å². The summed E-state index contributed by atoms with van der Waals surface area (Å²) in [7, 11) is 1.99. The second kappa shape index (κ2) is 7.82. The molecule has 1 aromatic heterocycles. The lowest BCUT2D eigenvalue weighted by Gasteiger charge is -2.31. The van der Waals surface area contributed by atoms with Crippen LogP contribution >= 0.6 is 23.7 Å². The zero-order valence-electron chi connectivity index (χ0n) is 11.5. The number of amides is 1. The average molecular weight is 304 g/mol. The van der Waals surface area contributed by atoms with Gasteiger partial charge in [-0.1, -0.05) is 0 Å². The summed E-state index contributed by atoms with van der Waals surface area (Å²) in [6.45, 7) is 4.80. The normalized spacial score (nSPS) is 16.2. The van der Waals surface area contributed by atoms with Gasteiger partial charge >= 0.3 is 0 Å². The number of hydrogen-bond acceptors (Lipinski definition) is 4. The Kier molecular flexibility index (Phi) is 6.75. The molecular weight excluding hydrogens is 282 g/mol. The highest BCUT2D eigenvalue weighted by Crippen LogP contribution is 2.22. The SMILES string of the molecule is CNCCC1CCN(C(=O)c2cnc(C)s2)CC1.Cl. The summed E-state index contributed by atoms with van der Waals surface area (Å²) < 4.78 is 0. The van der Waals surface area contributed by atoms with Gasteiger partial charge < -0.3 is 10.2 Å². The Morgan fingerprint density at radius 2 is 2.21 bits per heavy atom. The minimum atomic E-state index is 0. The molecule has 1 aliphatic heterocycles. The van der Waals surface area contributed by atoms with Gasteiger partial charge in [-0.05, 0) is 45.7 Å². The van der Waals surface area contributed by atoms with E-state index in [1.54, 1.807) is 6.20 Å². The van der Waals surface area contributed by atoms with Gasteiger partial charge in [0.05, 0.1) is 11.2 Å². The molecule has 1 aromatic rings. The molecule has 19 heavy (non-hydrogen) atoms. The lowest BCUT2D eigenvalue weighted by molar-refractivity contribution is 0.0692. The third-order valence-corrected chi connectivity index (χ3v) is 4.44. The quantitative estimate of drug-likeness (QED) is 0.928. The van der Waals surface area contributed by atoms with E-state index in [2.05, 4.69) is 10.3 Å². The van der Waals surface area contributed by atoms with Crippen molar-refractivity contribution in [2.45, 2.75) is 26.2 Å². The molecule has 0 radical (unpaired) electrons. The summed E-state index contributed by atoms with van der Waals surface area (Å²) in [5.74, 6) is 0.928. The zero-order valence-corrected chi connectivity index (χ0v) is 13.1. The number of aryl methyl sites for hydroxylation is 1. The van der Waals surface area contributed by atoms with Gasteiger partial charge in [0.1, 0.15) is 4.88 Å². The summed E-state index contributed by atoms with van der Waals surface area (Å²) in [5.41, 5.74) is 0. The van der Waals surface area contributed by atoms with Crippen molar-refractivity contribution in [3.05, 3.63) is 16.1 Å². The standard InChI is InChI=1S/C13H21N3OS.ClH/c1-10-15-9-12(18-10)13(17)16-7-4-11(5-8-16)3-6-14-2;/h9,11,14H,3-8H2,1-2H3;1H. The summed E-state index contributed by atoms with van der Waals surface area (Å²) in [5, 5.41) is 4.15. The van der Waals surface area contributed by atoms with Crippen molar-refractivity contribution >= 4 is 29.7 Å². The van der Waals surface area contributed by atoms with E-state index in [9.17, 15) is 4.79 Å². The Morgan fingerprint density at radius 3 is 2.74 bits per heavy atom. The maximum absolute atomic E-state index is 12.2. The molecule has 0 unspecified atom stereocenters. The molecule has 2 heterocycles. The van der Waals surface area contributed by atoms with Gasteiger partial charge in [-0.25, -0.2) is 4.98 Å². The van der Waals surface area contributed by atoms with Gasteiger partial charge in [-0.3, -0.25) is 4.79 Å². The van der Waals surface area contributed by atoms with Crippen LogP contribution in [-0.4, -0.2) is 42.5 Å². The fraction of sp³-hybridized carbons (Fsp3) is 0.692. The molecule has 0 spiro atoms. The Balaban J connectivity index is 0.00000180. The Labute approximate surface area is 125 Å². The van der Waals surface area contributed by atoms with Crippen LogP contribution in [0.1, 0.15) is 33.9 Å². The highest BCUT2D eigenvalue weighted by molar-refractivity contribution is 7.13. The molecule has 1 aliphatic rings. The van der Waals surface area contributed by atoms with Crippen LogP contribution in [0.2, 0.25) is 0 Å². The van der Waals surface area contributed by atoms with Gasteiger partial charge in [0.15, 0.2) is 0 Å². The first-order chi connectivity index (χ1) is 8.70. The minimum absolute atomic E-state index is 0. The number of thiazole rings is 1. The van der Waals surface area contributed by atoms with E-state index in [4.69, 9.17) is 0 Å². The molecule has 0 aromatic carbocycles. The van der Waals surface area contributed by atoms with Crippen LogP contribution in [0.5, 0.6) is 0 Å². The van der Waals surface area contributed by atoms with Crippen molar-refractivity contribution < 1.29 is 4.79 Å². The number of likely N-dealkylation sites (tertiary alicyclic amines) is 1. The van der Waals surface area contributed by atoms with Crippen LogP contribution in [0, 0.1) is 12.8 Å². The number of halogens is 1. The number of rotatable bonds is 4. The maximum Gasteiger partial charge on any atom is 0.265 e.